The average molecular weight is 781 g/mol. The summed E-state index contributed by atoms with van der Waals surface area (Å²) in [5.41, 5.74) is 8.41. The first-order valence-electron chi connectivity index (χ1n) is 15.6. The number of fused-ring (bicyclic) bond motifs is 11. The molecule has 0 spiro atoms. The van der Waals surface area contributed by atoms with Gasteiger partial charge in [-0.25, -0.2) is 0 Å². The molecule has 0 radical (unpaired) electrons. The van der Waals surface area contributed by atoms with Gasteiger partial charge in [0, 0.05) is 71.1 Å². The van der Waals surface area contributed by atoms with Gasteiger partial charge in [-0.3, -0.25) is 0 Å². The van der Waals surface area contributed by atoms with Crippen LogP contribution >= 0.6 is 0 Å². The van der Waals surface area contributed by atoms with Gasteiger partial charge in [0.2, 0.25) is 0 Å². The Morgan fingerprint density at radius 3 is 2.21 bits per heavy atom. The van der Waals surface area contributed by atoms with Crippen molar-refractivity contribution in [3.8, 4) is 5.69 Å². The van der Waals surface area contributed by atoms with E-state index in [4.69, 9.17) is 4.42 Å². The van der Waals surface area contributed by atoms with E-state index in [0.29, 0.717) is 0 Å². The molecule has 1 aliphatic carbocycles. The number of aryl methyl sites for hydroxylation is 1. The van der Waals surface area contributed by atoms with E-state index in [-0.39, 0.29) is 26.8 Å². The van der Waals surface area contributed by atoms with Gasteiger partial charge in [-0.2, -0.15) is 0 Å². The van der Waals surface area contributed by atoms with Crippen LogP contribution in [0.15, 0.2) is 138 Å². The van der Waals surface area contributed by atoms with Crippen molar-refractivity contribution in [3.63, 3.8) is 0 Å². The molecule has 0 amide bonds. The maximum atomic E-state index is 10.1. The van der Waals surface area contributed by atoms with Gasteiger partial charge in [-0.15, -0.1) is 12.7 Å². The zero-order valence-electron chi connectivity index (χ0n) is 25.7. The van der Waals surface area contributed by atoms with Gasteiger partial charge in [0.25, 0.3) is 0 Å². The second kappa shape index (κ2) is 11.5. The number of aliphatic hydroxyl groups is 1. The van der Waals surface area contributed by atoms with Crippen molar-refractivity contribution in [1.29, 1.82) is 0 Å². The first kappa shape index (κ1) is 29.2. The van der Waals surface area contributed by atoms with Crippen LogP contribution in [0.4, 0.5) is 0 Å². The van der Waals surface area contributed by atoms with Crippen LogP contribution in [0.5, 0.6) is 0 Å². The number of aromatic nitrogens is 2. The van der Waals surface area contributed by atoms with E-state index in [1.165, 1.54) is 60.1 Å². The summed E-state index contributed by atoms with van der Waals surface area (Å²) in [7, 11) is 1.71. The van der Waals surface area contributed by atoms with Crippen LogP contribution in [0.3, 0.4) is 0 Å². The first-order valence-corrected chi connectivity index (χ1v) is 15.6. The van der Waals surface area contributed by atoms with Gasteiger partial charge < -0.3 is 24.4 Å². The molecule has 0 fully saturated rings. The maximum Gasteiger partial charge on any atom is 0.135 e. The van der Waals surface area contributed by atoms with Gasteiger partial charge in [0.05, 0.1) is 16.6 Å². The summed E-state index contributed by atoms with van der Waals surface area (Å²) in [6.45, 7) is 0. The van der Waals surface area contributed by atoms with Crippen molar-refractivity contribution in [1.82, 2.24) is 9.55 Å². The topological polar surface area (TPSA) is 68.2 Å². The third kappa shape index (κ3) is 4.57. The van der Waals surface area contributed by atoms with E-state index in [2.05, 4.69) is 118 Å². The Hall–Kier alpha value is -5.25. The molecule has 0 unspecified atom stereocenters. The molecule has 1 aliphatic rings. The van der Waals surface area contributed by atoms with Gasteiger partial charge in [0.1, 0.15) is 17.1 Å². The van der Waals surface area contributed by atoms with E-state index >= 15 is 0 Å². The fraction of sp³-hybridized carbons (Fsp3) is 0.0732. The van der Waals surface area contributed by atoms with Crippen molar-refractivity contribution in [3.05, 3.63) is 150 Å². The van der Waals surface area contributed by atoms with Crippen molar-refractivity contribution < 1.29 is 30.6 Å². The molecule has 0 bridgehead atoms. The predicted molar refractivity (Wildman–Crippen MR) is 191 cm³/mol. The smallest absolute Gasteiger partial charge is 0.135 e. The van der Waals surface area contributed by atoms with Gasteiger partial charge >= 0.3 is 0 Å². The van der Waals surface area contributed by atoms with Gasteiger partial charge in [0.15, 0.2) is 0 Å². The molecule has 5 nitrogen and oxygen atoms in total. The molecule has 3 aromatic heterocycles. The molecular formula is C41H30N3O2W-. The summed E-state index contributed by atoms with van der Waals surface area (Å²) < 4.78 is 8.11. The van der Waals surface area contributed by atoms with E-state index in [9.17, 15) is 5.11 Å². The van der Waals surface area contributed by atoms with E-state index in [1.807, 2.05) is 24.3 Å². The Balaban J connectivity index is 0.000000162. The molecule has 228 valence electrons. The Morgan fingerprint density at radius 2 is 1.36 bits per heavy atom. The van der Waals surface area contributed by atoms with Gasteiger partial charge in [-0.05, 0) is 53.6 Å². The largest absolute Gasteiger partial charge is 0.687 e. The summed E-state index contributed by atoms with van der Waals surface area (Å²) in [6, 6.07) is 44.9. The van der Waals surface area contributed by atoms with E-state index in [0.717, 1.165) is 40.8 Å². The van der Waals surface area contributed by atoms with Gasteiger partial charge in [-0.1, -0.05) is 91.0 Å². The predicted octanol–water partition coefficient (Wildman–Crippen LogP) is 11.2. The van der Waals surface area contributed by atoms with E-state index in [1.54, 1.807) is 7.05 Å². The number of nitrogens with zero attached hydrogens (tertiary/aromatic N) is 2. The molecule has 0 saturated heterocycles. The van der Waals surface area contributed by atoms with Crippen molar-refractivity contribution >= 4 is 71.1 Å². The second-order valence-corrected chi connectivity index (χ2v) is 11.8. The number of allylic oxidation sites excluding steroid dienone is 1. The summed E-state index contributed by atoms with van der Waals surface area (Å²) in [5, 5.41) is 22.9. The van der Waals surface area contributed by atoms with E-state index < -0.39 is 0 Å². The minimum atomic E-state index is 0. The number of hydrogen-bond acceptors (Lipinski definition) is 2. The summed E-state index contributed by atoms with van der Waals surface area (Å²) in [4.78, 5) is 3.59. The Bertz CT molecular complexity index is 2660. The number of benzene rings is 6. The zero-order valence-corrected chi connectivity index (χ0v) is 28.6. The number of aliphatic hydroxyl groups excluding tert-OH is 1. The molecule has 0 atom stereocenters. The number of hydrogen-bond donors (Lipinski definition) is 2. The molecule has 9 aromatic rings. The monoisotopic (exact) mass is 780 g/mol. The molecular weight excluding hydrogens is 750 g/mol. The molecule has 0 aliphatic heterocycles. The standard InChI is InChI=1S/C28H18N2.C13H12NO2.W/c1-2-8-20-18(7-1)13-16-27-28(20)23-10-4-6-12-26(23)30(27)19-14-15-22-21-9-3-5-11-24(21)29-25(22)17-19;1-14-9-6-7-11-12(13(9)15)8-4-2-3-5-10(8)16-11;/h1-17,29H;2-5,15H,6-7H2,1H3;/q;-1;. The average Bonchev–Trinajstić information content (AvgIpc) is 3.78. The SMILES string of the molecule is C[N-]C1=C(O)c2c(oc3ccccc23)CC1.[W].c1ccc2c(c1)ccc1c2c2ccccc2n1-c1ccc2c(c1)[nH]c1ccccc12. The van der Waals surface area contributed by atoms with Crippen LogP contribution in [0, 0.1) is 0 Å². The van der Waals surface area contributed by atoms with Crippen LogP contribution in [0.1, 0.15) is 17.7 Å². The molecule has 47 heavy (non-hydrogen) atoms. The quantitative estimate of drug-likeness (QED) is 0.183. The molecule has 6 aromatic carbocycles. The fourth-order valence-corrected chi connectivity index (χ4v) is 7.24. The van der Waals surface area contributed by atoms with Crippen LogP contribution < -0.4 is 0 Å². The van der Waals surface area contributed by atoms with Crippen molar-refractivity contribution in [2.24, 2.45) is 0 Å². The number of rotatable bonds is 2. The maximum absolute atomic E-state index is 10.1. The Kier molecular flexibility index (Phi) is 7.15. The summed E-state index contributed by atoms with van der Waals surface area (Å²) in [6.07, 6.45) is 1.55. The molecule has 3 heterocycles. The zero-order chi connectivity index (χ0) is 30.8. The van der Waals surface area contributed by atoms with Crippen LogP contribution in [-0.4, -0.2) is 21.7 Å². The molecule has 0 saturated carbocycles. The third-order valence-corrected chi connectivity index (χ3v) is 9.35. The summed E-state index contributed by atoms with van der Waals surface area (Å²) in [5.74, 6) is 1.14. The third-order valence-electron chi connectivity index (χ3n) is 9.35. The number of furan rings is 1. The van der Waals surface area contributed by atoms with Crippen LogP contribution in [0.2, 0.25) is 0 Å². The number of aromatic amines is 1. The van der Waals surface area contributed by atoms with Crippen molar-refractivity contribution in [2.45, 2.75) is 12.8 Å². The Labute approximate surface area is 285 Å². The second-order valence-electron chi connectivity index (χ2n) is 11.8. The number of H-pyrrole nitrogens is 1. The molecule has 6 heteroatoms. The number of para-hydroxylation sites is 3. The first-order chi connectivity index (χ1) is 22.7. The summed E-state index contributed by atoms with van der Waals surface area (Å²) >= 11 is 0. The minimum absolute atomic E-state index is 0. The Morgan fingerprint density at radius 1 is 0.660 bits per heavy atom. The minimum Gasteiger partial charge on any atom is -0.687 e. The van der Waals surface area contributed by atoms with Crippen LogP contribution in [0.25, 0.3) is 82.1 Å². The van der Waals surface area contributed by atoms with Crippen LogP contribution in [-0.2, 0) is 27.5 Å². The fourth-order valence-electron chi connectivity index (χ4n) is 7.24. The molecule has 2 N–H and O–H groups in total. The number of nitrogens with one attached hydrogen (secondary N) is 1. The van der Waals surface area contributed by atoms with Crippen molar-refractivity contribution in [2.75, 3.05) is 7.05 Å². The molecule has 10 rings (SSSR count). The normalized spacial score (nSPS) is 12.9.